The van der Waals surface area contributed by atoms with Crippen LogP contribution in [-0.4, -0.2) is 11.7 Å². The summed E-state index contributed by atoms with van der Waals surface area (Å²) in [4.78, 5) is 5.49. The maximum absolute atomic E-state index is 12.4. The number of anilines is 1. The first kappa shape index (κ1) is 7.09. The van der Waals surface area contributed by atoms with E-state index in [-0.39, 0.29) is 0 Å². The van der Waals surface area contributed by atoms with Gasteiger partial charge in [-0.15, -0.1) is 0 Å². The Morgan fingerprint density at radius 2 is 2.42 bits per heavy atom. The highest BCUT2D eigenvalue weighted by Crippen LogP contribution is 2.13. The van der Waals surface area contributed by atoms with Crippen LogP contribution in [0.4, 0.5) is 10.1 Å². The maximum atomic E-state index is 12.4. The normalized spacial score (nSPS) is 14.9. The standard InChI is InChI=1S/C8H8FN3/c9-8-2-1-7(5-11-8)12-4-3-10-6-12/h1-5,10H,6H2. The summed E-state index contributed by atoms with van der Waals surface area (Å²) >= 11 is 0. The van der Waals surface area contributed by atoms with Crippen LogP contribution >= 0.6 is 0 Å². The maximum Gasteiger partial charge on any atom is 0.212 e. The number of rotatable bonds is 1. The molecule has 1 aromatic heterocycles. The van der Waals surface area contributed by atoms with Gasteiger partial charge in [0.25, 0.3) is 0 Å². The van der Waals surface area contributed by atoms with E-state index in [0.717, 1.165) is 5.69 Å². The van der Waals surface area contributed by atoms with E-state index in [4.69, 9.17) is 0 Å². The molecule has 0 unspecified atom stereocenters. The van der Waals surface area contributed by atoms with Crippen molar-refractivity contribution in [2.24, 2.45) is 0 Å². The third-order valence-electron chi connectivity index (χ3n) is 1.68. The van der Waals surface area contributed by atoms with Gasteiger partial charge in [-0.2, -0.15) is 4.39 Å². The Morgan fingerprint density at radius 1 is 1.50 bits per heavy atom. The highest BCUT2D eigenvalue weighted by molar-refractivity contribution is 5.47. The molecular formula is C8H8FN3. The van der Waals surface area contributed by atoms with Crippen molar-refractivity contribution in [1.29, 1.82) is 0 Å². The summed E-state index contributed by atoms with van der Waals surface area (Å²) in [5.74, 6) is -0.449. The first-order chi connectivity index (χ1) is 5.86. The van der Waals surface area contributed by atoms with Gasteiger partial charge in [0.2, 0.25) is 5.95 Å². The third-order valence-corrected chi connectivity index (χ3v) is 1.68. The van der Waals surface area contributed by atoms with Gasteiger partial charge in [0.05, 0.1) is 18.6 Å². The minimum absolute atomic E-state index is 0.449. The topological polar surface area (TPSA) is 28.2 Å². The number of halogens is 1. The predicted molar refractivity (Wildman–Crippen MR) is 43.8 cm³/mol. The van der Waals surface area contributed by atoms with E-state index >= 15 is 0 Å². The predicted octanol–water partition coefficient (Wildman–Crippen LogP) is 1.06. The van der Waals surface area contributed by atoms with Crippen LogP contribution in [0.2, 0.25) is 0 Å². The zero-order chi connectivity index (χ0) is 8.39. The molecule has 0 amide bonds. The Labute approximate surface area is 69.5 Å². The van der Waals surface area contributed by atoms with Crippen LogP contribution in [0, 0.1) is 5.95 Å². The number of aromatic nitrogens is 1. The van der Waals surface area contributed by atoms with E-state index < -0.39 is 5.95 Å². The number of nitrogens with one attached hydrogen (secondary N) is 1. The molecule has 2 heterocycles. The summed E-state index contributed by atoms with van der Waals surface area (Å²) in [6.07, 6.45) is 5.23. The monoisotopic (exact) mass is 165 g/mol. The molecule has 2 rings (SSSR count). The van der Waals surface area contributed by atoms with Crippen molar-refractivity contribution in [3.05, 3.63) is 36.7 Å². The SMILES string of the molecule is Fc1ccc(N2C=CNC2)cn1. The van der Waals surface area contributed by atoms with Crippen molar-refractivity contribution in [3.63, 3.8) is 0 Å². The number of pyridine rings is 1. The molecule has 0 spiro atoms. The van der Waals surface area contributed by atoms with E-state index in [1.165, 1.54) is 12.3 Å². The molecule has 3 nitrogen and oxygen atoms in total. The second-order valence-corrected chi connectivity index (χ2v) is 2.49. The summed E-state index contributed by atoms with van der Waals surface area (Å²) in [7, 11) is 0. The lowest BCUT2D eigenvalue weighted by Gasteiger charge is -2.13. The molecule has 0 radical (unpaired) electrons. The van der Waals surface area contributed by atoms with Gasteiger partial charge in [0.1, 0.15) is 0 Å². The van der Waals surface area contributed by atoms with Crippen LogP contribution in [0.3, 0.4) is 0 Å². The highest BCUT2D eigenvalue weighted by atomic mass is 19.1. The Bertz CT molecular complexity index is 294. The van der Waals surface area contributed by atoms with Crippen molar-refractivity contribution in [3.8, 4) is 0 Å². The van der Waals surface area contributed by atoms with Crippen molar-refractivity contribution in [2.45, 2.75) is 0 Å². The van der Waals surface area contributed by atoms with Crippen LogP contribution in [0.1, 0.15) is 0 Å². The van der Waals surface area contributed by atoms with Crippen molar-refractivity contribution >= 4 is 5.69 Å². The van der Waals surface area contributed by atoms with Gasteiger partial charge in [-0.05, 0) is 12.1 Å². The molecule has 1 aromatic rings. The van der Waals surface area contributed by atoms with Gasteiger partial charge in [0, 0.05) is 12.4 Å². The molecule has 0 fully saturated rings. The molecule has 0 bridgehead atoms. The van der Waals surface area contributed by atoms with Gasteiger partial charge < -0.3 is 10.2 Å². The molecule has 0 aromatic carbocycles. The first-order valence-electron chi connectivity index (χ1n) is 3.64. The zero-order valence-electron chi connectivity index (χ0n) is 6.37. The van der Waals surface area contributed by atoms with Gasteiger partial charge in [-0.1, -0.05) is 0 Å². The average molecular weight is 165 g/mol. The minimum Gasteiger partial charge on any atom is -0.372 e. The number of hydrogen-bond donors (Lipinski definition) is 1. The lowest BCUT2D eigenvalue weighted by molar-refractivity contribution is 0.583. The van der Waals surface area contributed by atoms with Gasteiger partial charge in [-0.3, -0.25) is 0 Å². The van der Waals surface area contributed by atoms with E-state index in [2.05, 4.69) is 10.3 Å². The molecule has 0 saturated heterocycles. The highest BCUT2D eigenvalue weighted by Gasteiger charge is 2.05. The Hall–Kier alpha value is -1.58. The van der Waals surface area contributed by atoms with Crippen LogP contribution in [0.5, 0.6) is 0 Å². The molecule has 1 aliphatic rings. The van der Waals surface area contributed by atoms with Crippen LogP contribution in [0.15, 0.2) is 30.7 Å². The van der Waals surface area contributed by atoms with Crippen LogP contribution in [-0.2, 0) is 0 Å². The molecule has 62 valence electrons. The Balaban J connectivity index is 2.23. The summed E-state index contributed by atoms with van der Waals surface area (Å²) in [6.45, 7) is 0.716. The van der Waals surface area contributed by atoms with Crippen LogP contribution in [0.25, 0.3) is 0 Å². The van der Waals surface area contributed by atoms with E-state index in [0.29, 0.717) is 6.67 Å². The Kier molecular flexibility index (Phi) is 1.66. The van der Waals surface area contributed by atoms with Crippen molar-refractivity contribution in [1.82, 2.24) is 10.3 Å². The molecule has 0 atom stereocenters. The van der Waals surface area contributed by atoms with E-state index in [9.17, 15) is 4.39 Å². The van der Waals surface area contributed by atoms with Crippen molar-refractivity contribution < 1.29 is 4.39 Å². The van der Waals surface area contributed by atoms with Gasteiger partial charge >= 0.3 is 0 Å². The molecule has 4 heteroatoms. The summed E-state index contributed by atoms with van der Waals surface area (Å²) in [5.41, 5.74) is 0.887. The Morgan fingerprint density at radius 3 is 3.00 bits per heavy atom. The van der Waals surface area contributed by atoms with E-state index in [1.807, 2.05) is 17.3 Å². The minimum atomic E-state index is -0.449. The summed E-state index contributed by atoms with van der Waals surface area (Å²) in [5, 5.41) is 3.01. The third kappa shape index (κ3) is 1.23. The molecule has 0 aliphatic carbocycles. The number of nitrogens with zero attached hydrogens (tertiary/aromatic N) is 2. The largest absolute Gasteiger partial charge is 0.372 e. The smallest absolute Gasteiger partial charge is 0.212 e. The summed E-state index contributed by atoms with van der Waals surface area (Å²) < 4.78 is 12.4. The molecule has 1 aliphatic heterocycles. The quantitative estimate of drug-likeness (QED) is 0.630. The zero-order valence-corrected chi connectivity index (χ0v) is 6.37. The molecule has 0 saturated carbocycles. The average Bonchev–Trinajstić information content (AvgIpc) is 2.58. The number of hydrogen-bond acceptors (Lipinski definition) is 3. The fourth-order valence-electron chi connectivity index (χ4n) is 1.06. The second kappa shape index (κ2) is 2.81. The van der Waals surface area contributed by atoms with Crippen molar-refractivity contribution in [2.75, 3.05) is 11.6 Å². The molecule has 1 N–H and O–H groups in total. The summed E-state index contributed by atoms with van der Waals surface area (Å²) in [6, 6.07) is 3.04. The van der Waals surface area contributed by atoms with Crippen LogP contribution < -0.4 is 10.2 Å². The molecule has 12 heavy (non-hydrogen) atoms. The van der Waals surface area contributed by atoms with Gasteiger partial charge in [-0.25, -0.2) is 4.98 Å². The molecular weight excluding hydrogens is 157 g/mol. The lowest BCUT2D eigenvalue weighted by Crippen LogP contribution is -2.19. The lowest BCUT2D eigenvalue weighted by atomic mass is 10.4. The van der Waals surface area contributed by atoms with E-state index in [1.54, 1.807) is 6.07 Å². The first-order valence-corrected chi connectivity index (χ1v) is 3.64. The fraction of sp³-hybridized carbons (Fsp3) is 0.125. The van der Waals surface area contributed by atoms with Gasteiger partial charge in [0.15, 0.2) is 0 Å². The second-order valence-electron chi connectivity index (χ2n) is 2.49. The fourth-order valence-corrected chi connectivity index (χ4v) is 1.06.